The maximum Gasteiger partial charge on any atom is 0.325 e. The maximum atomic E-state index is 12.7. The summed E-state index contributed by atoms with van der Waals surface area (Å²) in [6.07, 6.45) is 4.91. The molecule has 1 spiro atoms. The quantitative estimate of drug-likeness (QED) is 0.735. The molecule has 1 N–H and O–H groups in total. The Morgan fingerprint density at radius 1 is 1.25 bits per heavy atom. The van der Waals surface area contributed by atoms with Crippen molar-refractivity contribution in [2.24, 2.45) is 0 Å². The fraction of sp³-hybridized carbons (Fsp3) is 0.812. The van der Waals surface area contributed by atoms with Crippen molar-refractivity contribution in [2.45, 2.75) is 57.0 Å². The summed E-state index contributed by atoms with van der Waals surface area (Å²) in [6.45, 7) is 2.12. The zero-order valence-corrected chi connectivity index (χ0v) is 14.9. The van der Waals surface area contributed by atoms with Crippen LogP contribution in [0.2, 0.25) is 0 Å². The highest BCUT2D eigenvalue weighted by atomic mass is 32.2. The molecule has 0 aromatic heterocycles. The van der Waals surface area contributed by atoms with Crippen LogP contribution in [-0.2, 0) is 20.4 Å². The Morgan fingerprint density at radius 3 is 2.67 bits per heavy atom. The minimum Gasteiger partial charge on any atom is -0.337 e. The van der Waals surface area contributed by atoms with Crippen molar-refractivity contribution in [1.82, 2.24) is 15.1 Å². The summed E-state index contributed by atoms with van der Waals surface area (Å²) in [5, 5.41) is 2.83. The third-order valence-corrected chi connectivity index (χ3v) is 6.75. The van der Waals surface area contributed by atoms with Gasteiger partial charge < -0.3 is 10.2 Å². The predicted octanol–water partition coefficient (Wildman–Crippen LogP) is 0.611. The second kappa shape index (κ2) is 6.82. The molecule has 1 saturated carbocycles. The maximum absolute atomic E-state index is 12.7. The van der Waals surface area contributed by atoms with Crippen LogP contribution >= 0.6 is 0 Å². The zero-order chi connectivity index (χ0) is 17.3. The van der Waals surface area contributed by atoms with Gasteiger partial charge in [-0.05, 0) is 26.2 Å². The molecule has 2 heterocycles. The first-order valence-electron chi connectivity index (χ1n) is 8.71. The standard InChI is InChI=1S/C16H25N3O4S/c1-12-5-9-24(23)10-8-18(12)13(20)11-19-14(21)16(17-15(19)22)6-3-2-4-7-16/h12H,2-11H2,1H3,(H,17,22)/t12-,24+/m0/s1. The van der Waals surface area contributed by atoms with Crippen LogP contribution in [0.25, 0.3) is 0 Å². The van der Waals surface area contributed by atoms with Crippen molar-refractivity contribution in [3.05, 3.63) is 0 Å². The van der Waals surface area contributed by atoms with E-state index in [1.54, 1.807) is 4.90 Å². The Bertz CT molecular complexity index is 574. The summed E-state index contributed by atoms with van der Waals surface area (Å²) < 4.78 is 11.7. The van der Waals surface area contributed by atoms with E-state index in [-0.39, 0.29) is 24.4 Å². The number of rotatable bonds is 2. The van der Waals surface area contributed by atoms with Crippen LogP contribution in [0.4, 0.5) is 4.79 Å². The minimum absolute atomic E-state index is 0.0200. The van der Waals surface area contributed by atoms with Gasteiger partial charge in [0.2, 0.25) is 5.91 Å². The highest BCUT2D eigenvalue weighted by Gasteiger charge is 2.51. The molecule has 0 aromatic carbocycles. The smallest absolute Gasteiger partial charge is 0.325 e. The number of hydrogen-bond donors (Lipinski definition) is 1. The van der Waals surface area contributed by atoms with Crippen molar-refractivity contribution in [1.29, 1.82) is 0 Å². The Morgan fingerprint density at radius 2 is 1.96 bits per heavy atom. The van der Waals surface area contributed by atoms with Crippen molar-refractivity contribution < 1.29 is 18.6 Å². The van der Waals surface area contributed by atoms with Gasteiger partial charge in [0, 0.05) is 34.9 Å². The average molecular weight is 355 g/mol. The Kier molecular flexibility index (Phi) is 4.94. The molecule has 3 aliphatic rings. The van der Waals surface area contributed by atoms with Gasteiger partial charge in [-0.1, -0.05) is 19.3 Å². The van der Waals surface area contributed by atoms with Crippen molar-refractivity contribution >= 4 is 28.6 Å². The molecule has 134 valence electrons. The number of carbonyl (C=O) groups excluding carboxylic acids is 3. The summed E-state index contributed by atoms with van der Waals surface area (Å²) >= 11 is 0. The van der Waals surface area contributed by atoms with Gasteiger partial charge in [-0.25, -0.2) is 4.79 Å². The molecule has 3 fully saturated rings. The number of nitrogens with one attached hydrogen (secondary N) is 1. The van der Waals surface area contributed by atoms with E-state index in [1.165, 1.54) is 0 Å². The van der Waals surface area contributed by atoms with E-state index in [4.69, 9.17) is 0 Å². The fourth-order valence-corrected chi connectivity index (χ4v) is 5.10. The Labute approximate surface area is 144 Å². The van der Waals surface area contributed by atoms with E-state index in [2.05, 4.69) is 5.32 Å². The summed E-state index contributed by atoms with van der Waals surface area (Å²) in [7, 11) is -0.896. The molecule has 2 aliphatic heterocycles. The lowest BCUT2D eigenvalue weighted by molar-refractivity contribution is -0.140. The first kappa shape index (κ1) is 17.4. The number of imide groups is 1. The Balaban J connectivity index is 1.68. The molecule has 2 atom stereocenters. The molecule has 2 saturated heterocycles. The number of urea groups is 1. The van der Waals surface area contributed by atoms with E-state index >= 15 is 0 Å². The average Bonchev–Trinajstić information content (AvgIpc) is 2.69. The summed E-state index contributed by atoms with van der Waals surface area (Å²) in [5.74, 6) is 0.557. The van der Waals surface area contributed by atoms with E-state index in [9.17, 15) is 18.6 Å². The van der Waals surface area contributed by atoms with Gasteiger partial charge in [0.25, 0.3) is 5.91 Å². The summed E-state index contributed by atoms with van der Waals surface area (Å²) in [6, 6.07) is -0.477. The van der Waals surface area contributed by atoms with E-state index in [0.29, 0.717) is 37.3 Å². The van der Waals surface area contributed by atoms with Crippen LogP contribution in [0.15, 0.2) is 0 Å². The molecule has 7 nitrogen and oxygen atoms in total. The molecule has 24 heavy (non-hydrogen) atoms. The fourth-order valence-electron chi connectivity index (χ4n) is 3.89. The van der Waals surface area contributed by atoms with Crippen LogP contribution < -0.4 is 5.32 Å². The van der Waals surface area contributed by atoms with Crippen molar-refractivity contribution in [3.63, 3.8) is 0 Å². The molecule has 1 aliphatic carbocycles. The van der Waals surface area contributed by atoms with E-state index in [1.807, 2.05) is 6.92 Å². The van der Waals surface area contributed by atoms with Crippen LogP contribution in [0, 0.1) is 0 Å². The van der Waals surface area contributed by atoms with Gasteiger partial charge in [-0.15, -0.1) is 0 Å². The van der Waals surface area contributed by atoms with Crippen LogP contribution in [0.5, 0.6) is 0 Å². The van der Waals surface area contributed by atoms with Crippen LogP contribution in [0.1, 0.15) is 45.4 Å². The second-order valence-electron chi connectivity index (χ2n) is 7.04. The molecule has 0 aromatic rings. The lowest BCUT2D eigenvalue weighted by Gasteiger charge is -2.31. The molecular weight excluding hydrogens is 330 g/mol. The van der Waals surface area contributed by atoms with E-state index in [0.717, 1.165) is 24.2 Å². The number of hydrogen-bond acceptors (Lipinski definition) is 4. The monoisotopic (exact) mass is 355 g/mol. The second-order valence-corrected chi connectivity index (χ2v) is 8.73. The third-order valence-electron chi connectivity index (χ3n) is 5.42. The van der Waals surface area contributed by atoms with Gasteiger partial charge in [-0.3, -0.25) is 18.7 Å². The SMILES string of the molecule is C[C@H]1CC[S@@](=O)CCN1C(=O)CN1C(=O)NC2(CCCCC2)C1=O. The largest absolute Gasteiger partial charge is 0.337 e. The predicted molar refractivity (Wildman–Crippen MR) is 89.7 cm³/mol. The molecule has 3 rings (SSSR count). The lowest BCUT2D eigenvalue weighted by atomic mass is 9.82. The van der Waals surface area contributed by atoms with Crippen LogP contribution in [0.3, 0.4) is 0 Å². The van der Waals surface area contributed by atoms with Gasteiger partial charge >= 0.3 is 6.03 Å². The number of carbonyl (C=O) groups is 3. The van der Waals surface area contributed by atoms with Gasteiger partial charge in [0.15, 0.2) is 0 Å². The van der Waals surface area contributed by atoms with Crippen molar-refractivity contribution in [2.75, 3.05) is 24.6 Å². The molecule has 4 amide bonds. The highest BCUT2D eigenvalue weighted by molar-refractivity contribution is 7.85. The highest BCUT2D eigenvalue weighted by Crippen LogP contribution is 2.33. The van der Waals surface area contributed by atoms with Gasteiger partial charge in [0.05, 0.1) is 0 Å². The number of nitrogens with zero attached hydrogens (tertiary/aromatic N) is 2. The molecule has 8 heteroatoms. The molecule has 0 bridgehead atoms. The topological polar surface area (TPSA) is 86.8 Å². The first-order valence-corrected chi connectivity index (χ1v) is 10.2. The molecule has 0 radical (unpaired) electrons. The van der Waals surface area contributed by atoms with Gasteiger partial charge in [0.1, 0.15) is 12.1 Å². The number of amides is 4. The van der Waals surface area contributed by atoms with Gasteiger partial charge in [-0.2, -0.15) is 0 Å². The van der Waals surface area contributed by atoms with Crippen molar-refractivity contribution in [3.8, 4) is 0 Å². The molecule has 0 unspecified atom stereocenters. The summed E-state index contributed by atoms with van der Waals surface area (Å²) in [4.78, 5) is 40.4. The molecular formula is C16H25N3O4S. The van der Waals surface area contributed by atoms with E-state index < -0.39 is 22.4 Å². The zero-order valence-electron chi connectivity index (χ0n) is 14.1. The first-order chi connectivity index (χ1) is 11.4. The normalized spacial score (nSPS) is 30.4. The summed E-state index contributed by atoms with van der Waals surface area (Å²) in [5.41, 5.74) is -0.790. The third kappa shape index (κ3) is 3.20. The van der Waals surface area contributed by atoms with Crippen LogP contribution in [-0.4, -0.2) is 68.0 Å². The lowest BCUT2D eigenvalue weighted by Crippen LogP contribution is -2.50. The minimum atomic E-state index is -0.896. The Hall–Kier alpha value is -1.44.